The van der Waals surface area contributed by atoms with Gasteiger partial charge in [-0.2, -0.15) is 5.26 Å². The van der Waals surface area contributed by atoms with Crippen molar-refractivity contribution in [1.82, 2.24) is 0 Å². The zero-order valence-corrected chi connectivity index (χ0v) is 12.1. The maximum Gasteiger partial charge on any atom is 0.138 e. The van der Waals surface area contributed by atoms with E-state index in [1.165, 1.54) is 32.9 Å². The van der Waals surface area contributed by atoms with Crippen LogP contribution in [0.4, 0.5) is 11.4 Å². The van der Waals surface area contributed by atoms with E-state index >= 15 is 0 Å². The molecule has 0 saturated carbocycles. The lowest BCUT2D eigenvalue weighted by molar-refractivity contribution is 0.975. The molecular weight excluding hydrogens is 272 g/mol. The number of rotatable bonds is 2. The normalized spacial score (nSPS) is 12.5. The highest BCUT2D eigenvalue weighted by Gasteiger charge is 2.21. The molecule has 94 valence electrons. The van der Waals surface area contributed by atoms with Gasteiger partial charge in [0.1, 0.15) is 5.40 Å². The van der Waals surface area contributed by atoms with Crippen molar-refractivity contribution in [3.63, 3.8) is 0 Å². The smallest absolute Gasteiger partial charge is 0.138 e. The molecule has 1 heterocycles. The number of anilines is 2. The van der Waals surface area contributed by atoms with Gasteiger partial charge in [0.2, 0.25) is 0 Å². The molecule has 0 N–H and O–H groups in total. The molecule has 0 aliphatic carbocycles. The summed E-state index contributed by atoms with van der Waals surface area (Å²) in [4.78, 5) is 5.82. The molecule has 2 aromatic rings. The van der Waals surface area contributed by atoms with Crippen LogP contribution >= 0.6 is 23.5 Å². The summed E-state index contributed by atoms with van der Waals surface area (Å²) in [7, 11) is 0. The van der Waals surface area contributed by atoms with Crippen molar-refractivity contribution in [2.45, 2.75) is 21.6 Å². The molecule has 0 fully saturated rings. The Labute approximate surface area is 121 Å². The van der Waals surface area contributed by atoms with Crippen molar-refractivity contribution in [3.05, 3.63) is 42.5 Å². The van der Waals surface area contributed by atoms with Crippen LogP contribution in [0, 0.1) is 10.7 Å². The zero-order valence-electron chi connectivity index (χ0n) is 10.5. The third kappa shape index (κ3) is 2.20. The van der Waals surface area contributed by atoms with Crippen molar-refractivity contribution in [1.29, 1.82) is 5.26 Å². The maximum absolute atomic E-state index is 8.78. The van der Waals surface area contributed by atoms with Crippen LogP contribution in [0.25, 0.3) is 0 Å². The lowest BCUT2D eigenvalue weighted by Gasteiger charge is -2.31. The Morgan fingerprint density at radius 1 is 1.16 bits per heavy atom. The van der Waals surface area contributed by atoms with Gasteiger partial charge in [0.25, 0.3) is 0 Å². The van der Waals surface area contributed by atoms with Crippen molar-refractivity contribution in [3.8, 4) is 5.40 Å². The van der Waals surface area contributed by atoms with Gasteiger partial charge < -0.3 is 4.90 Å². The van der Waals surface area contributed by atoms with E-state index in [4.69, 9.17) is 5.26 Å². The number of fused-ring (bicyclic) bond motifs is 2. The van der Waals surface area contributed by atoms with Gasteiger partial charge in [-0.25, -0.2) is 0 Å². The molecule has 0 radical (unpaired) electrons. The van der Waals surface area contributed by atoms with E-state index in [0.717, 1.165) is 11.4 Å². The molecule has 0 unspecified atom stereocenters. The molecule has 0 aromatic heterocycles. The molecule has 0 spiro atoms. The predicted molar refractivity (Wildman–Crippen MR) is 81.2 cm³/mol. The SMILES string of the molecule is CCN1c2ccccc2Sc2cc(SC#N)ccc21. The Bertz CT molecular complexity index is 661. The first-order valence-electron chi connectivity index (χ1n) is 6.08. The van der Waals surface area contributed by atoms with E-state index in [1.54, 1.807) is 11.8 Å². The lowest BCUT2D eigenvalue weighted by Crippen LogP contribution is -2.19. The summed E-state index contributed by atoms with van der Waals surface area (Å²) >= 11 is 2.99. The summed E-state index contributed by atoms with van der Waals surface area (Å²) in [6, 6.07) is 14.7. The first kappa shape index (κ1) is 12.5. The minimum atomic E-state index is 0.940. The second kappa shape index (κ2) is 5.20. The van der Waals surface area contributed by atoms with E-state index in [1.807, 2.05) is 6.07 Å². The standard InChI is InChI=1S/C15H12N2S2/c1-2-17-12-5-3-4-6-14(12)19-15-9-11(18-10-16)7-8-13(15)17/h3-9H,2H2,1H3. The van der Waals surface area contributed by atoms with Gasteiger partial charge in [0, 0.05) is 21.2 Å². The van der Waals surface area contributed by atoms with Gasteiger partial charge in [-0.05, 0) is 49.0 Å². The molecule has 19 heavy (non-hydrogen) atoms. The topological polar surface area (TPSA) is 27.0 Å². The van der Waals surface area contributed by atoms with E-state index < -0.39 is 0 Å². The van der Waals surface area contributed by atoms with Crippen LogP contribution in [-0.2, 0) is 0 Å². The summed E-state index contributed by atoms with van der Waals surface area (Å²) in [5, 5.41) is 10.9. The first-order chi connectivity index (χ1) is 9.33. The van der Waals surface area contributed by atoms with Crippen LogP contribution in [0.5, 0.6) is 0 Å². The fourth-order valence-corrected chi connectivity index (χ4v) is 3.90. The maximum atomic E-state index is 8.78. The van der Waals surface area contributed by atoms with Gasteiger partial charge in [0.15, 0.2) is 0 Å². The number of thiocyanates is 1. The van der Waals surface area contributed by atoms with Crippen LogP contribution in [0.1, 0.15) is 6.92 Å². The highest BCUT2D eigenvalue weighted by Crippen LogP contribution is 2.48. The molecular formula is C15H12N2S2. The quantitative estimate of drug-likeness (QED) is 0.580. The predicted octanol–water partition coefficient (Wildman–Crippen LogP) is 4.88. The highest BCUT2D eigenvalue weighted by molar-refractivity contribution is 8.03. The zero-order chi connectivity index (χ0) is 13.2. The van der Waals surface area contributed by atoms with Gasteiger partial charge in [-0.1, -0.05) is 23.9 Å². The Hall–Kier alpha value is -1.57. The van der Waals surface area contributed by atoms with Crippen LogP contribution in [-0.4, -0.2) is 6.54 Å². The van der Waals surface area contributed by atoms with Gasteiger partial charge in [-0.15, -0.1) is 0 Å². The van der Waals surface area contributed by atoms with Crippen molar-refractivity contribution in [2.75, 3.05) is 11.4 Å². The number of benzene rings is 2. The van der Waals surface area contributed by atoms with Crippen molar-refractivity contribution >= 4 is 34.9 Å². The second-order valence-corrected chi connectivity index (χ2v) is 6.08. The Morgan fingerprint density at radius 3 is 2.74 bits per heavy atom. The monoisotopic (exact) mass is 284 g/mol. The third-order valence-electron chi connectivity index (χ3n) is 3.08. The number of nitriles is 1. The molecule has 0 atom stereocenters. The number of nitrogens with zero attached hydrogens (tertiary/aromatic N) is 2. The average molecular weight is 284 g/mol. The van der Waals surface area contributed by atoms with Crippen molar-refractivity contribution in [2.24, 2.45) is 0 Å². The van der Waals surface area contributed by atoms with E-state index in [2.05, 4.69) is 53.6 Å². The summed E-state index contributed by atoms with van der Waals surface area (Å²) < 4.78 is 0. The Kier molecular flexibility index (Phi) is 3.41. The fraction of sp³-hybridized carbons (Fsp3) is 0.133. The van der Waals surface area contributed by atoms with Gasteiger partial charge >= 0.3 is 0 Å². The van der Waals surface area contributed by atoms with E-state index in [-0.39, 0.29) is 0 Å². The molecule has 2 nitrogen and oxygen atoms in total. The third-order valence-corrected chi connectivity index (χ3v) is 4.77. The average Bonchev–Trinajstić information content (AvgIpc) is 2.45. The molecule has 0 amide bonds. The van der Waals surface area contributed by atoms with Crippen LogP contribution in [0.2, 0.25) is 0 Å². The van der Waals surface area contributed by atoms with Crippen LogP contribution in [0.3, 0.4) is 0 Å². The fourth-order valence-electron chi connectivity index (χ4n) is 2.27. The van der Waals surface area contributed by atoms with E-state index in [9.17, 15) is 0 Å². The molecule has 2 aromatic carbocycles. The van der Waals surface area contributed by atoms with Gasteiger partial charge in [-0.3, -0.25) is 0 Å². The largest absolute Gasteiger partial charge is 0.340 e. The molecule has 0 saturated heterocycles. The lowest BCUT2D eigenvalue weighted by atomic mass is 10.2. The van der Waals surface area contributed by atoms with E-state index in [0.29, 0.717) is 0 Å². The summed E-state index contributed by atoms with van der Waals surface area (Å²) in [5.74, 6) is 0. The molecule has 3 rings (SSSR count). The summed E-state index contributed by atoms with van der Waals surface area (Å²) in [6.07, 6.45) is 0. The Balaban J connectivity index is 2.10. The molecule has 1 aliphatic heterocycles. The highest BCUT2D eigenvalue weighted by atomic mass is 32.2. The van der Waals surface area contributed by atoms with Crippen LogP contribution < -0.4 is 4.90 Å². The van der Waals surface area contributed by atoms with Crippen molar-refractivity contribution < 1.29 is 0 Å². The van der Waals surface area contributed by atoms with Crippen LogP contribution in [0.15, 0.2) is 57.2 Å². The first-order valence-corrected chi connectivity index (χ1v) is 7.71. The molecule has 0 bridgehead atoms. The minimum absolute atomic E-state index is 0.940. The number of thioether (sulfide) groups is 1. The minimum Gasteiger partial charge on any atom is -0.340 e. The van der Waals surface area contributed by atoms with Gasteiger partial charge in [0.05, 0.1) is 11.4 Å². The molecule has 1 aliphatic rings. The molecule has 4 heteroatoms. The number of hydrogen-bond acceptors (Lipinski definition) is 4. The summed E-state index contributed by atoms with van der Waals surface area (Å²) in [5.41, 5.74) is 2.50. The summed E-state index contributed by atoms with van der Waals surface area (Å²) in [6.45, 7) is 3.10. The Morgan fingerprint density at radius 2 is 1.95 bits per heavy atom. The number of hydrogen-bond donors (Lipinski definition) is 0. The second-order valence-electron chi connectivity index (χ2n) is 4.14. The number of para-hydroxylation sites is 1.